The molecule has 0 spiro atoms. The SMILES string of the molecule is CCOC[SiH](Cl)CCCCl. The van der Waals surface area contributed by atoms with Crippen LogP contribution in [0.3, 0.4) is 0 Å². The lowest BCUT2D eigenvalue weighted by molar-refractivity contribution is 0.192. The van der Waals surface area contributed by atoms with Gasteiger partial charge < -0.3 is 4.74 Å². The van der Waals surface area contributed by atoms with Crippen LogP contribution in [0.5, 0.6) is 0 Å². The second kappa shape index (κ2) is 7.86. The van der Waals surface area contributed by atoms with Crippen LogP contribution in [0.4, 0.5) is 0 Å². The van der Waals surface area contributed by atoms with Gasteiger partial charge >= 0.3 is 0 Å². The second-order valence-electron chi connectivity index (χ2n) is 2.09. The van der Waals surface area contributed by atoms with Crippen molar-refractivity contribution in [2.75, 3.05) is 18.7 Å². The number of halogens is 2. The third-order valence-corrected chi connectivity index (χ3v) is 4.09. The van der Waals surface area contributed by atoms with E-state index in [0.717, 1.165) is 31.2 Å². The summed E-state index contributed by atoms with van der Waals surface area (Å²) in [6, 6.07) is 1.09. The summed E-state index contributed by atoms with van der Waals surface area (Å²) < 4.78 is 5.18. The second-order valence-corrected chi connectivity index (χ2v) is 6.42. The third kappa shape index (κ3) is 6.87. The molecule has 0 aliphatic heterocycles. The van der Waals surface area contributed by atoms with Gasteiger partial charge in [0.2, 0.25) is 0 Å². The van der Waals surface area contributed by atoms with Gasteiger partial charge in [0.25, 0.3) is 0 Å². The summed E-state index contributed by atoms with van der Waals surface area (Å²) in [6.45, 7) is 2.76. The van der Waals surface area contributed by atoms with Crippen LogP contribution in [0.2, 0.25) is 6.04 Å². The zero-order valence-corrected chi connectivity index (χ0v) is 8.94. The Kier molecular flexibility index (Phi) is 8.45. The van der Waals surface area contributed by atoms with E-state index >= 15 is 0 Å². The minimum absolute atomic E-state index is 0.725. The summed E-state index contributed by atoms with van der Waals surface area (Å²) in [6.07, 6.45) is 1.82. The molecule has 0 aliphatic rings. The predicted octanol–water partition coefficient (Wildman–Crippen LogP) is 2.15. The molecule has 0 saturated heterocycles. The summed E-state index contributed by atoms with van der Waals surface area (Å²) in [7, 11) is -1.07. The fourth-order valence-corrected chi connectivity index (χ4v) is 3.08. The summed E-state index contributed by atoms with van der Waals surface area (Å²) in [5, 5.41) is 0. The van der Waals surface area contributed by atoms with E-state index in [1.807, 2.05) is 6.92 Å². The average molecular weight is 201 g/mol. The molecule has 0 amide bonds. The van der Waals surface area contributed by atoms with Gasteiger partial charge in [0, 0.05) is 12.5 Å². The Morgan fingerprint density at radius 1 is 1.50 bits per heavy atom. The molecule has 0 radical (unpaired) electrons. The minimum Gasteiger partial charge on any atom is -0.384 e. The zero-order valence-electron chi connectivity index (χ0n) is 6.28. The number of hydrogen-bond donors (Lipinski definition) is 0. The highest BCUT2D eigenvalue weighted by Crippen LogP contribution is 2.03. The number of alkyl halides is 1. The van der Waals surface area contributed by atoms with Crippen LogP contribution in [-0.2, 0) is 4.74 Å². The molecule has 0 rings (SSSR count). The molecule has 62 valence electrons. The van der Waals surface area contributed by atoms with Crippen molar-refractivity contribution in [3.8, 4) is 0 Å². The van der Waals surface area contributed by atoms with E-state index in [-0.39, 0.29) is 0 Å². The van der Waals surface area contributed by atoms with Crippen molar-refractivity contribution >= 4 is 30.8 Å². The lowest BCUT2D eigenvalue weighted by atomic mass is 10.6. The molecule has 0 N–H and O–H groups in total. The van der Waals surface area contributed by atoms with Crippen molar-refractivity contribution in [1.29, 1.82) is 0 Å². The third-order valence-electron chi connectivity index (χ3n) is 1.15. The number of hydrogen-bond acceptors (Lipinski definition) is 1. The van der Waals surface area contributed by atoms with E-state index in [1.165, 1.54) is 0 Å². The van der Waals surface area contributed by atoms with Crippen LogP contribution in [-0.4, -0.2) is 26.8 Å². The van der Waals surface area contributed by atoms with Crippen LogP contribution < -0.4 is 0 Å². The van der Waals surface area contributed by atoms with Crippen LogP contribution >= 0.6 is 22.7 Å². The number of rotatable bonds is 6. The Labute approximate surface area is 74.0 Å². The maximum absolute atomic E-state index is 5.99. The molecule has 0 aromatic heterocycles. The monoisotopic (exact) mass is 200 g/mol. The molecule has 1 unspecified atom stereocenters. The van der Waals surface area contributed by atoms with Crippen LogP contribution in [0.15, 0.2) is 0 Å². The van der Waals surface area contributed by atoms with Crippen LogP contribution in [0, 0.1) is 0 Å². The first-order valence-electron chi connectivity index (χ1n) is 3.59. The molecule has 1 atom stereocenters. The molecule has 1 nitrogen and oxygen atoms in total. The predicted molar refractivity (Wildman–Crippen MR) is 49.6 cm³/mol. The van der Waals surface area contributed by atoms with E-state index in [1.54, 1.807) is 0 Å². The highest BCUT2D eigenvalue weighted by atomic mass is 35.6. The Hall–Kier alpha value is 0.757. The van der Waals surface area contributed by atoms with Gasteiger partial charge in [-0.1, -0.05) is 0 Å². The Morgan fingerprint density at radius 3 is 2.70 bits per heavy atom. The van der Waals surface area contributed by atoms with E-state index in [4.69, 9.17) is 27.4 Å². The fraction of sp³-hybridized carbons (Fsp3) is 1.00. The van der Waals surface area contributed by atoms with Gasteiger partial charge in [-0.2, -0.15) is 11.1 Å². The van der Waals surface area contributed by atoms with Crippen molar-refractivity contribution in [2.45, 2.75) is 19.4 Å². The summed E-state index contributed by atoms with van der Waals surface area (Å²) in [5.41, 5.74) is 0. The summed E-state index contributed by atoms with van der Waals surface area (Å²) >= 11 is 11.5. The fourth-order valence-electron chi connectivity index (χ4n) is 0.628. The van der Waals surface area contributed by atoms with E-state index < -0.39 is 8.11 Å². The zero-order chi connectivity index (χ0) is 7.82. The summed E-state index contributed by atoms with van der Waals surface area (Å²) in [5.74, 6) is 0.725. The minimum atomic E-state index is -1.07. The highest BCUT2D eigenvalue weighted by molar-refractivity contribution is 7.06. The lowest BCUT2D eigenvalue weighted by Crippen LogP contribution is -2.13. The Balaban J connectivity index is 3.00. The Morgan fingerprint density at radius 2 is 2.20 bits per heavy atom. The molecule has 0 aliphatic carbocycles. The van der Waals surface area contributed by atoms with Gasteiger partial charge in [-0.3, -0.25) is 0 Å². The lowest BCUT2D eigenvalue weighted by Gasteiger charge is -2.04. The normalized spacial score (nSPS) is 13.5. The first-order chi connectivity index (χ1) is 4.81. The standard InChI is InChI=1S/C6H14Cl2OSi/c1-2-9-6-10(8)5-3-4-7/h10H,2-6H2,1H3. The van der Waals surface area contributed by atoms with E-state index in [0.29, 0.717) is 0 Å². The van der Waals surface area contributed by atoms with Crippen molar-refractivity contribution in [2.24, 2.45) is 0 Å². The van der Waals surface area contributed by atoms with E-state index in [9.17, 15) is 0 Å². The van der Waals surface area contributed by atoms with Gasteiger partial charge in [0.1, 0.15) is 0 Å². The maximum atomic E-state index is 5.99. The smallest absolute Gasteiger partial charge is 0.167 e. The van der Waals surface area contributed by atoms with Crippen LogP contribution in [0.1, 0.15) is 13.3 Å². The summed E-state index contributed by atoms with van der Waals surface area (Å²) in [4.78, 5) is 0. The van der Waals surface area contributed by atoms with Gasteiger partial charge in [0.15, 0.2) is 8.11 Å². The van der Waals surface area contributed by atoms with Crippen molar-refractivity contribution < 1.29 is 4.74 Å². The molecule has 0 heterocycles. The van der Waals surface area contributed by atoms with Crippen LogP contribution in [0.25, 0.3) is 0 Å². The van der Waals surface area contributed by atoms with Crippen molar-refractivity contribution in [3.63, 3.8) is 0 Å². The molecule has 0 aromatic rings. The van der Waals surface area contributed by atoms with E-state index in [2.05, 4.69) is 0 Å². The molecule has 0 fully saturated rings. The molecule has 10 heavy (non-hydrogen) atoms. The first kappa shape index (κ1) is 10.8. The first-order valence-corrected chi connectivity index (χ1v) is 7.50. The molecule has 0 bridgehead atoms. The average Bonchev–Trinajstić information content (AvgIpc) is 1.97. The molecule has 4 heteroatoms. The highest BCUT2D eigenvalue weighted by Gasteiger charge is 2.05. The van der Waals surface area contributed by atoms with Crippen molar-refractivity contribution in [1.82, 2.24) is 0 Å². The molecular formula is C6H14Cl2OSi. The van der Waals surface area contributed by atoms with Gasteiger partial charge in [-0.05, 0) is 19.4 Å². The van der Waals surface area contributed by atoms with Gasteiger partial charge in [-0.15, -0.1) is 11.6 Å². The quantitative estimate of drug-likeness (QED) is 0.363. The largest absolute Gasteiger partial charge is 0.384 e. The van der Waals surface area contributed by atoms with Crippen molar-refractivity contribution in [3.05, 3.63) is 0 Å². The molecule has 0 saturated carbocycles. The van der Waals surface area contributed by atoms with Gasteiger partial charge in [0.05, 0.1) is 6.23 Å². The molecular weight excluding hydrogens is 187 g/mol. The molecule has 0 aromatic carbocycles. The Bertz CT molecular complexity index is 64.8. The van der Waals surface area contributed by atoms with Gasteiger partial charge in [-0.25, -0.2) is 0 Å². The topological polar surface area (TPSA) is 9.23 Å². The maximum Gasteiger partial charge on any atom is 0.167 e. The number of ether oxygens (including phenoxy) is 1.